The first-order valence-electron chi connectivity index (χ1n) is 8.38. The van der Waals surface area contributed by atoms with E-state index in [1.165, 1.54) is 22.7 Å². The number of hydrogen-bond donors (Lipinski definition) is 1. The Morgan fingerprint density at radius 3 is 3.00 bits per heavy atom. The van der Waals surface area contributed by atoms with Gasteiger partial charge in [0.1, 0.15) is 5.69 Å². The van der Waals surface area contributed by atoms with Crippen LogP contribution >= 0.6 is 22.7 Å². The smallest absolute Gasteiger partial charge is 0.257 e. The van der Waals surface area contributed by atoms with Gasteiger partial charge in [-0.15, -0.1) is 22.7 Å². The molecule has 0 atom stereocenters. The van der Waals surface area contributed by atoms with Crippen molar-refractivity contribution in [3.8, 4) is 17.2 Å². The Hall–Kier alpha value is -3.23. The lowest BCUT2D eigenvalue weighted by atomic mass is 10.2. The Bertz CT molecular complexity index is 1320. The van der Waals surface area contributed by atoms with Gasteiger partial charge in [-0.05, 0) is 30.3 Å². The molecule has 0 spiro atoms. The molecule has 138 valence electrons. The van der Waals surface area contributed by atoms with Crippen LogP contribution in [-0.4, -0.2) is 23.0 Å². The van der Waals surface area contributed by atoms with E-state index in [1.54, 1.807) is 18.7 Å². The lowest BCUT2D eigenvalue weighted by Gasteiger charge is -2.01. The Labute approximate surface area is 167 Å². The number of nitrogens with zero attached hydrogens (tertiary/aromatic N) is 2. The van der Waals surface area contributed by atoms with Gasteiger partial charge < -0.3 is 9.15 Å². The molecule has 6 nitrogen and oxygen atoms in total. The van der Waals surface area contributed by atoms with Crippen molar-refractivity contribution in [1.29, 1.82) is 0 Å². The summed E-state index contributed by atoms with van der Waals surface area (Å²) in [7, 11) is 1.61. The molecule has 0 fully saturated rings. The first-order chi connectivity index (χ1) is 13.7. The summed E-state index contributed by atoms with van der Waals surface area (Å²) in [6.45, 7) is 0. The fourth-order valence-electron chi connectivity index (χ4n) is 2.93. The fourth-order valence-corrected chi connectivity index (χ4v) is 4.34. The molecule has 0 saturated carbocycles. The minimum atomic E-state index is -0.206. The fraction of sp³-hybridized carbons (Fsp3) is 0.0500. The molecule has 5 aromatic rings. The highest BCUT2D eigenvalue weighted by Crippen LogP contribution is 2.34. The number of ether oxygens (including phenoxy) is 1. The van der Waals surface area contributed by atoms with Crippen molar-refractivity contribution in [2.45, 2.75) is 0 Å². The molecule has 3 heterocycles. The van der Waals surface area contributed by atoms with Crippen LogP contribution in [0.1, 0.15) is 10.4 Å². The largest absolute Gasteiger partial charge is 0.493 e. The number of benzene rings is 2. The van der Waals surface area contributed by atoms with Crippen molar-refractivity contribution in [2.24, 2.45) is 0 Å². The van der Waals surface area contributed by atoms with Crippen LogP contribution in [0.25, 0.3) is 32.6 Å². The molecule has 2 aromatic carbocycles. The number of carbonyl (C=O) groups is 1. The van der Waals surface area contributed by atoms with Gasteiger partial charge in [-0.1, -0.05) is 12.1 Å². The molecule has 0 radical (unpaired) electrons. The van der Waals surface area contributed by atoms with Crippen molar-refractivity contribution in [1.82, 2.24) is 9.97 Å². The maximum Gasteiger partial charge on any atom is 0.257 e. The molecule has 0 aliphatic rings. The van der Waals surface area contributed by atoms with Crippen LogP contribution in [0.3, 0.4) is 0 Å². The van der Waals surface area contributed by atoms with E-state index in [0.29, 0.717) is 33.5 Å². The number of aromatic nitrogens is 2. The molecular formula is C20H13N3O3S2. The van der Waals surface area contributed by atoms with Gasteiger partial charge in [0.15, 0.2) is 22.2 Å². The van der Waals surface area contributed by atoms with Crippen molar-refractivity contribution < 1.29 is 13.9 Å². The van der Waals surface area contributed by atoms with Gasteiger partial charge in [0.2, 0.25) is 0 Å². The van der Waals surface area contributed by atoms with E-state index in [0.717, 1.165) is 15.6 Å². The van der Waals surface area contributed by atoms with Crippen molar-refractivity contribution in [3.05, 3.63) is 58.9 Å². The second kappa shape index (κ2) is 6.74. The molecule has 3 aromatic heterocycles. The quantitative estimate of drug-likeness (QED) is 0.430. The highest BCUT2D eigenvalue weighted by Gasteiger charge is 2.15. The normalized spacial score (nSPS) is 11.2. The molecule has 5 rings (SSSR count). The van der Waals surface area contributed by atoms with E-state index in [9.17, 15) is 4.79 Å². The van der Waals surface area contributed by atoms with E-state index in [2.05, 4.69) is 15.3 Å². The summed E-state index contributed by atoms with van der Waals surface area (Å²) < 4.78 is 12.2. The van der Waals surface area contributed by atoms with Crippen LogP contribution in [-0.2, 0) is 0 Å². The molecule has 8 heteroatoms. The van der Waals surface area contributed by atoms with Crippen LogP contribution in [0.4, 0.5) is 5.13 Å². The Morgan fingerprint density at radius 2 is 2.11 bits per heavy atom. The second-order valence-corrected chi connectivity index (χ2v) is 7.76. The van der Waals surface area contributed by atoms with Crippen LogP contribution in [0.15, 0.2) is 57.8 Å². The number of thiazole rings is 2. The molecular weight excluding hydrogens is 394 g/mol. The summed E-state index contributed by atoms with van der Waals surface area (Å²) in [5.74, 6) is 1.09. The molecule has 0 unspecified atom stereocenters. The van der Waals surface area contributed by atoms with Crippen LogP contribution < -0.4 is 10.1 Å². The van der Waals surface area contributed by atoms with Crippen molar-refractivity contribution in [3.63, 3.8) is 0 Å². The number of hydrogen-bond acceptors (Lipinski definition) is 7. The third-order valence-corrected chi connectivity index (χ3v) is 5.85. The van der Waals surface area contributed by atoms with Crippen LogP contribution in [0.2, 0.25) is 0 Å². The summed E-state index contributed by atoms with van der Waals surface area (Å²) >= 11 is 2.85. The molecule has 0 saturated heterocycles. The maximum absolute atomic E-state index is 12.5. The predicted octanol–water partition coefficient (Wildman–Crippen LogP) is 5.43. The zero-order chi connectivity index (χ0) is 19.1. The Morgan fingerprint density at radius 1 is 1.18 bits per heavy atom. The van der Waals surface area contributed by atoms with E-state index in [1.807, 2.05) is 41.8 Å². The first-order valence-corrected chi connectivity index (χ1v) is 10.1. The lowest BCUT2D eigenvalue weighted by Crippen LogP contribution is -2.11. The number of rotatable bonds is 4. The maximum atomic E-state index is 12.5. The number of amides is 1. The summed E-state index contributed by atoms with van der Waals surface area (Å²) in [4.78, 5) is 21.3. The van der Waals surface area contributed by atoms with Crippen molar-refractivity contribution in [2.75, 3.05) is 12.4 Å². The average Bonchev–Trinajstić information content (AvgIpc) is 3.45. The zero-order valence-electron chi connectivity index (χ0n) is 14.6. The molecule has 28 heavy (non-hydrogen) atoms. The number of fused-ring (bicyclic) bond motifs is 2. The first kappa shape index (κ1) is 16.9. The predicted molar refractivity (Wildman–Crippen MR) is 111 cm³/mol. The highest BCUT2D eigenvalue weighted by molar-refractivity contribution is 7.16. The van der Waals surface area contributed by atoms with Crippen LogP contribution in [0.5, 0.6) is 5.75 Å². The van der Waals surface area contributed by atoms with Crippen LogP contribution in [0, 0.1) is 0 Å². The molecule has 1 N–H and O–H groups in total. The minimum absolute atomic E-state index is 0.206. The molecule has 0 aliphatic carbocycles. The standard InChI is InChI=1S/C20H13N3O3S2/c1-25-15-4-2-3-11-7-16(26-18(11)15)14-9-27-20(22-14)23-19(24)12-5-6-13-17(8-12)28-10-21-13/h2-10H,1H3,(H,22,23,24). The summed E-state index contributed by atoms with van der Waals surface area (Å²) in [5, 5.41) is 6.15. The monoisotopic (exact) mass is 407 g/mol. The lowest BCUT2D eigenvalue weighted by molar-refractivity contribution is 0.102. The SMILES string of the molecule is COc1cccc2cc(-c3csc(NC(=O)c4ccc5ncsc5c4)n3)oc12. The second-order valence-electron chi connectivity index (χ2n) is 6.02. The average molecular weight is 407 g/mol. The third-order valence-electron chi connectivity index (χ3n) is 4.30. The van der Waals surface area contributed by atoms with E-state index < -0.39 is 0 Å². The topological polar surface area (TPSA) is 77.2 Å². The van der Waals surface area contributed by atoms with Gasteiger partial charge in [0.25, 0.3) is 5.91 Å². The highest BCUT2D eigenvalue weighted by atomic mass is 32.1. The molecule has 0 aliphatic heterocycles. The van der Waals surface area contributed by atoms with Gasteiger partial charge >= 0.3 is 0 Å². The zero-order valence-corrected chi connectivity index (χ0v) is 16.3. The molecule has 0 bridgehead atoms. The number of nitrogens with one attached hydrogen (secondary N) is 1. The van der Waals surface area contributed by atoms with Gasteiger partial charge in [-0.3, -0.25) is 10.1 Å². The summed E-state index contributed by atoms with van der Waals surface area (Å²) in [5.41, 5.74) is 4.56. The Kier molecular flexibility index (Phi) is 4.07. The summed E-state index contributed by atoms with van der Waals surface area (Å²) in [6, 6.07) is 13.1. The van der Waals surface area contributed by atoms with E-state index in [4.69, 9.17) is 9.15 Å². The number of carbonyl (C=O) groups excluding carboxylic acids is 1. The molecule has 1 amide bonds. The van der Waals surface area contributed by atoms with Gasteiger partial charge in [-0.2, -0.15) is 0 Å². The Balaban J connectivity index is 1.40. The summed E-state index contributed by atoms with van der Waals surface area (Å²) in [6.07, 6.45) is 0. The van der Waals surface area contributed by atoms with Gasteiger partial charge in [0.05, 0.1) is 22.8 Å². The van der Waals surface area contributed by atoms with Crippen molar-refractivity contribution >= 4 is 54.9 Å². The number of furan rings is 1. The minimum Gasteiger partial charge on any atom is -0.493 e. The number of anilines is 1. The van der Waals surface area contributed by atoms with E-state index >= 15 is 0 Å². The third kappa shape index (κ3) is 2.92. The number of para-hydroxylation sites is 1. The van der Waals surface area contributed by atoms with Gasteiger partial charge in [0, 0.05) is 16.3 Å². The van der Waals surface area contributed by atoms with E-state index in [-0.39, 0.29) is 5.91 Å². The van der Waals surface area contributed by atoms with Gasteiger partial charge in [-0.25, -0.2) is 9.97 Å². The number of methoxy groups -OCH3 is 1.